The maximum absolute atomic E-state index is 13.3. The second-order valence-corrected chi connectivity index (χ2v) is 8.54. The SMILES string of the molecule is O=C(N[C@H]1CC[C@@]2(CCN(c3ccccc3Cl)C2=O)CC1)c1cnn2cccnc12. The van der Waals surface area contributed by atoms with E-state index in [1.165, 1.54) is 0 Å². The second-order valence-electron chi connectivity index (χ2n) is 8.13. The van der Waals surface area contributed by atoms with Crippen LogP contribution in [-0.2, 0) is 4.79 Å². The highest BCUT2D eigenvalue weighted by atomic mass is 35.5. The molecule has 1 aliphatic heterocycles. The normalized spacial score (nSPS) is 24.0. The Labute approximate surface area is 179 Å². The van der Waals surface area contributed by atoms with Crippen molar-refractivity contribution in [1.82, 2.24) is 19.9 Å². The van der Waals surface area contributed by atoms with Gasteiger partial charge in [0.2, 0.25) is 5.91 Å². The van der Waals surface area contributed by atoms with Gasteiger partial charge in [0.05, 0.1) is 22.3 Å². The van der Waals surface area contributed by atoms with Crippen LogP contribution in [-0.4, -0.2) is 39.0 Å². The number of para-hydroxylation sites is 1. The third kappa shape index (κ3) is 3.13. The van der Waals surface area contributed by atoms with Gasteiger partial charge in [-0.25, -0.2) is 9.50 Å². The number of aromatic nitrogens is 3. The fraction of sp³-hybridized carbons (Fsp3) is 0.364. The van der Waals surface area contributed by atoms with Crippen molar-refractivity contribution in [2.45, 2.75) is 38.1 Å². The summed E-state index contributed by atoms with van der Waals surface area (Å²) in [5, 5.41) is 7.89. The molecule has 0 bridgehead atoms. The summed E-state index contributed by atoms with van der Waals surface area (Å²) in [7, 11) is 0. The number of nitrogens with zero attached hydrogens (tertiary/aromatic N) is 4. The molecule has 1 aromatic carbocycles. The zero-order valence-corrected chi connectivity index (χ0v) is 17.2. The highest BCUT2D eigenvalue weighted by Gasteiger charge is 2.49. The van der Waals surface area contributed by atoms with Gasteiger partial charge in [-0.15, -0.1) is 0 Å². The van der Waals surface area contributed by atoms with E-state index in [1.54, 1.807) is 29.2 Å². The van der Waals surface area contributed by atoms with Crippen LogP contribution in [0.4, 0.5) is 5.69 Å². The molecule has 0 unspecified atom stereocenters. The second kappa shape index (κ2) is 7.40. The fourth-order valence-corrected chi connectivity index (χ4v) is 4.99. The molecule has 3 heterocycles. The van der Waals surface area contributed by atoms with E-state index < -0.39 is 0 Å². The Morgan fingerprint density at radius 2 is 1.97 bits per heavy atom. The molecule has 0 atom stereocenters. The molecule has 2 amide bonds. The van der Waals surface area contributed by atoms with Crippen LogP contribution in [0.5, 0.6) is 0 Å². The lowest BCUT2D eigenvalue weighted by Crippen LogP contribution is -2.43. The van der Waals surface area contributed by atoms with Gasteiger partial charge in [0.1, 0.15) is 5.56 Å². The molecular formula is C22H22ClN5O2. The molecule has 2 aliphatic rings. The highest BCUT2D eigenvalue weighted by molar-refractivity contribution is 6.34. The number of hydrogen-bond acceptors (Lipinski definition) is 4. The number of hydrogen-bond donors (Lipinski definition) is 1. The van der Waals surface area contributed by atoms with E-state index in [2.05, 4.69) is 15.4 Å². The van der Waals surface area contributed by atoms with Gasteiger partial charge < -0.3 is 10.2 Å². The first-order chi connectivity index (χ1) is 14.6. The lowest BCUT2D eigenvalue weighted by Gasteiger charge is -2.36. The zero-order valence-electron chi connectivity index (χ0n) is 16.4. The number of benzene rings is 1. The van der Waals surface area contributed by atoms with Crippen LogP contribution in [0, 0.1) is 5.41 Å². The Balaban J connectivity index is 1.25. The molecular weight excluding hydrogens is 402 g/mol. The minimum Gasteiger partial charge on any atom is -0.349 e. The molecule has 1 saturated heterocycles. The summed E-state index contributed by atoms with van der Waals surface area (Å²) in [6.07, 6.45) is 8.88. The molecule has 8 heteroatoms. The average Bonchev–Trinajstić information content (AvgIpc) is 3.33. The van der Waals surface area contributed by atoms with Crippen molar-refractivity contribution >= 4 is 34.7 Å². The van der Waals surface area contributed by atoms with E-state index in [-0.39, 0.29) is 23.3 Å². The summed E-state index contributed by atoms with van der Waals surface area (Å²) in [4.78, 5) is 32.1. The number of fused-ring (bicyclic) bond motifs is 1. The number of carbonyl (C=O) groups excluding carboxylic acids is 2. The summed E-state index contributed by atoms with van der Waals surface area (Å²) in [5.74, 6) is -0.00713. The number of rotatable bonds is 3. The predicted molar refractivity (Wildman–Crippen MR) is 114 cm³/mol. The summed E-state index contributed by atoms with van der Waals surface area (Å²) in [6, 6.07) is 9.31. The van der Waals surface area contributed by atoms with Crippen LogP contribution in [0.2, 0.25) is 5.02 Å². The largest absolute Gasteiger partial charge is 0.349 e. The molecule has 1 N–H and O–H groups in total. The molecule has 0 radical (unpaired) electrons. The number of halogens is 1. The van der Waals surface area contributed by atoms with E-state index in [4.69, 9.17) is 11.6 Å². The van der Waals surface area contributed by atoms with Crippen molar-refractivity contribution in [3.05, 3.63) is 59.5 Å². The van der Waals surface area contributed by atoms with Gasteiger partial charge in [0, 0.05) is 25.0 Å². The zero-order chi connectivity index (χ0) is 20.7. The standard InChI is InChI=1S/C22H22ClN5O2/c23-17-4-1-2-5-18(17)27-13-10-22(21(27)30)8-6-15(7-9-22)26-20(29)16-14-25-28-12-3-11-24-19(16)28/h1-5,11-12,14-15H,6-10,13H2,(H,26,29)/t15-,22-. The third-order valence-corrected chi connectivity index (χ3v) is 6.78. The summed E-state index contributed by atoms with van der Waals surface area (Å²) in [5.41, 5.74) is 1.46. The maximum atomic E-state index is 13.3. The minimum absolute atomic E-state index is 0.0453. The maximum Gasteiger partial charge on any atom is 0.256 e. The van der Waals surface area contributed by atoms with Crippen molar-refractivity contribution in [2.24, 2.45) is 5.41 Å². The number of amides is 2. The van der Waals surface area contributed by atoms with Gasteiger partial charge in [-0.1, -0.05) is 23.7 Å². The molecule has 1 aliphatic carbocycles. The fourth-order valence-electron chi connectivity index (χ4n) is 4.75. The van der Waals surface area contributed by atoms with E-state index >= 15 is 0 Å². The van der Waals surface area contributed by atoms with E-state index in [9.17, 15) is 9.59 Å². The number of nitrogens with one attached hydrogen (secondary N) is 1. The lowest BCUT2D eigenvalue weighted by atomic mass is 9.71. The Hall–Kier alpha value is -2.93. The Morgan fingerprint density at radius 1 is 1.17 bits per heavy atom. The van der Waals surface area contributed by atoms with Crippen LogP contribution in [0.25, 0.3) is 5.65 Å². The monoisotopic (exact) mass is 423 g/mol. The highest BCUT2D eigenvalue weighted by Crippen LogP contribution is 2.46. The smallest absolute Gasteiger partial charge is 0.256 e. The summed E-state index contributed by atoms with van der Waals surface area (Å²) in [6.45, 7) is 0.688. The Morgan fingerprint density at radius 3 is 2.77 bits per heavy atom. The number of carbonyl (C=O) groups is 2. The van der Waals surface area contributed by atoms with Crippen LogP contribution in [0.15, 0.2) is 48.9 Å². The summed E-state index contributed by atoms with van der Waals surface area (Å²) < 4.78 is 1.59. The minimum atomic E-state index is -0.341. The summed E-state index contributed by atoms with van der Waals surface area (Å²) >= 11 is 6.31. The van der Waals surface area contributed by atoms with Gasteiger partial charge in [-0.2, -0.15) is 5.10 Å². The Kier molecular flexibility index (Phi) is 4.70. The third-order valence-electron chi connectivity index (χ3n) is 6.46. The topological polar surface area (TPSA) is 79.6 Å². The first-order valence-electron chi connectivity index (χ1n) is 10.2. The number of anilines is 1. The molecule has 7 nitrogen and oxygen atoms in total. The molecule has 2 fully saturated rings. The molecule has 30 heavy (non-hydrogen) atoms. The van der Waals surface area contributed by atoms with E-state index in [0.29, 0.717) is 22.8 Å². The van der Waals surface area contributed by atoms with Gasteiger partial charge in [0.15, 0.2) is 5.65 Å². The van der Waals surface area contributed by atoms with Crippen LogP contribution >= 0.6 is 11.6 Å². The molecule has 2 aromatic heterocycles. The first kappa shape index (κ1) is 19.1. The first-order valence-corrected chi connectivity index (χ1v) is 10.6. The quantitative estimate of drug-likeness (QED) is 0.699. The van der Waals surface area contributed by atoms with Crippen LogP contribution in [0.1, 0.15) is 42.5 Å². The van der Waals surface area contributed by atoms with E-state index in [1.807, 2.05) is 29.2 Å². The van der Waals surface area contributed by atoms with Gasteiger partial charge in [-0.3, -0.25) is 9.59 Å². The molecule has 1 saturated carbocycles. The van der Waals surface area contributed by atoms with Crippen molar-refractivity contribution < 1.29 is 9.59 Å². The van der Waals surface area contributed by atoms with Gasteiger partial charge in [-0.05, 0) is 50.3 Å². The van der Waals surface area contributed by atoms with E-state index in [0.717, 1.165) is 37.8 Å². The molecule has 3 aromatic rings. The molecule has 5 rings (SSSR count). The van der Waals surface area contributed by atoms with Gasteiger partial charge >= 0.3 is 0 Å². The molecule has 154 valence electrons. The predicted octanol–water partition coefficient (Wildman–Crippen LogP) is 3.48. The lowest BCUT2D eigenvalue weighted by molar-refractivity contribution is -0.127. The van der Waals surface area contributed by atoms with Crippen LogP contribution in [0.3, 0.4) is 0 Å². The van der Waals surface area contributed by atoms with Crippen molar-refractivity contribution in [3.63, 3.8) is 0 Å². The van der Waals surface area contributed by atoms with Crippen LogP contribution < -0.4 is 10.2 Å². The van der Waals surface area contributed by atoms with Gasteiger partial charge in [0.25, 0.3) is 5.91 Å². The molecule has 1 spiro atoms. The van der Waals surface area contributed by atoms with Crippen molar-refractivity contribution in [3.8, 4) is 0 Å². The van der Waals surface area contributed by atoms with Crippen molar-refractivity contribution in [2.75, 3.05) is 11.4 Å². The van der Waals surface area contributed by atoms with Crippen molar-refractivity contribution in [1.29, 1.82) is 0 Å². The average molecular weight is 424 g/mol. The Bertz CT molecular complexity index is 1120.